The summed E-state index contributed by atoms with van der Waals surface area (Å²) in [6.45, 7) is 3.54. The summed E-state index contributed by atoms with van der Waals surface area (Å²) in [5.74, 6) is 0. The Hall–Kier alpha value is -3.42. The third-order valence-corrected chi connectivity index (χ3v) is 8.57. The molecule has 0 aromatic heterocycles. The Kier molecular flexibility index (Phi) is 10.3. The molecule has 41 heavy (non-hydrogen) atoms. The summed E-state index contributed by atoms with van der Waals surface area (Å²) in [5.41, 5.74) is 2.85. The van der Waals surface area contributed by atoms with E-state index in [4.69, 9.17) is 0 Å². The fourth-order valence-corrected chi connectivity index (χ4v) is 6.16. The zero-order chi connectivity index (χ0) is 28.4. The molecule has 2 aliphatic carbocycles. The van der Waals surface area contributed by atoms with E-state index in [9.17, 15) is 0 Å². The van der Waals surface area contributed by atoms with Gasteiger partial charge in [0.1, 0.15) is 0 Å². The number of rotatable bonds is 11. The van der Waals surface area contributed by atoms with Crippen molar-refractivity contribution < 1.29 is 0 Å². The number of fused-ring (bicyclic) bond motifs is 3. The molecule has 5 aromatic carbocycles. The Labute approximate surface area is 247 Å². The molecule has 0 N–H and O–H groups in total. The first-order valence-electron chi connectivity index (χ1n) is 16.0. The zero-order valence-corrected chi connectivity index (χ0v) is 25.5. The third kappa shape index (κ3) is 7.08. The average molecular weight is 542 g/mol. The fraction of sp³-hybridized carbons (Fsp3) is 0.350. The van der Waals surface area contributed by atoms with Crippen LogP contribution in [0.1, 0.15) is 71.1 Å². The van der Waals surface area contributed by atoms with Crippen LogP contribution in [-0.4, -0.2) is 25.5 Å². The first-order valence-corrected chi connectivity index (χ1v) is 16.0. The second kappa shape index (κ2) is 14.5. The smallest absolute Gasteiger partial charge is 0.00248 e. The van der Waals surface area contributed by atoms with E-state index >= 15 is 0 Å². The van der Waals surface area contributed by atoms with Gasteiger partial charge in [-0.25, -0.2) is 0 Å². The Morgan fingerprint density at radius 3 is 1.05 bits per heavy atom. The molecule has 0 bridgehead atoms. The molecule has 0 fully saturated rings. The molecule has 212 valence electrons. The summed E-state index contributed by atoms with van der Waals surface area (Å²) in [5, 5.41) is 10.9. The number of hydrogen-bond donors (Lipinski definition) is 0. The van der Waals surface area contributed by atoms with Crippen LogP contribution in [0.25, 0.3) is 54.2 Å². The highest BCUT2D eigenvalue weighted by Gasteiger charge is 2.11. The van der Waals surface area contributed by atoms with E-state index in [0.717, 1.165) is 0 Å². The Bertz CT molecular complexity index is 1450. The highest BCUT2D eigenvalue weighted by molar-refractivity contribution is 6.32. The monoisotopic (exact) mass is 541 g/mol. The molecular weight excluding hydrogens is 494 g/mol. The molecule has 2 aliphatic rings. The second-order valence-electron chi connectivity index (χ2n) is 12.0. The molecular formula is C40H47N. The Morgan fingerprint density at radius 1 is 0.415 bits per heavy atom. The lowest BCUT2D eigenvalue weighted by Gasteiger charge is -2.13. The summed E-state index contributed by atoms with van der Waals surface area (Å²) in [6.07, 6.45) is 14.4. The van der Waals surface area contributed by atoms with Crippen LogP contribution in [0, 0.1) is 0 Å². The molecule has 0 amide bonds. The maximum atomic E-state index is 2.28. The molecule has 0 heterocycles. The van der Waals surface area contributed by atoms with E-state index in [0.29, 0.717) is 0 Å². The number of unbranched alkanes of at least 4 members (excludes halogenated alkanes) is 9. The zero-order valence-electron chi connectivity index (χ0n) is 25.5. The number of benzene rings is 6. The number of nitrogens with zero attached hydrogens (tertiary/aromatic N) is 1. The van der Waals surface area contributed by atoms with Crippen LogP contribution in [0.3, 0.4) is 0 Å². The van der Waals surface area contributed by atoms with Gasteiger partial charge in [-0.1, -0.05) is 162 Å². The van der Waals surface area contributed by atoms with E-state index in [1.807, 2.05) is 0 Å². The second-order valence-corrected chi connectivity index (χ2v) is 12.0. The van der Waals surface area contributed by atoms with Gasteiger partial charge in [-0.3, -0.25) is 0 Å². The van der Waals surface area contributed by atoms with Crippen molar-refractivity contribution in [3.63, 3.8) is 0 Å². The normalized spacial score (nSPS) is 11.6. The van der Waals surface area contributed by atoms with Crippen molar-refractivity contribution in [2.24, 2.45) is 0 Å². The van der Waals surface area contributed by atoms with Crippen molar-refractivity contribution in [3.05, 3.63) is 97.1 Å². The lowest BCUT2D eigenvalue weighted by Crippen LogP contribution is -2.12. The van der Waals surface area contributed by atoms with Crippen molar-refractivity contribution in [3.8, 4) is 11.1 Å². The lowest BCUT2D eigenvalue weighted by atomic mass is 9.90. The van der Waals surface area contributed by atoms with E-state index in [1.54, 1.807) is 0 Å². The minimum absolute atomic E-state index is 1.26. The van der Waals surface area contributed by atoms with Crippen LogP contribution in [0.4, 0.5) is 0 Å². The molecule has 1 heteroatoms. The van der Waals surface area contributed by atoms with Gasteiger partial charge in [0, 0.05) is 0 Å². The SMILES string of the molecule is CCCCCCCCCCCCN(C)C.c1cc2ccc1-2.c1cc2cccc3c4cccc5cccc(c(c1)c23)c54. The molecule has 0 saturated carbocycles. The largest absolute Gasteiger partial charge is 0.309 e. The first kappa shape index (κ1) is 29.1. The average Bonchev–Trinajstić information content (AvgIpc) is 2.99. The molecule has 5 aromatic rings. The van der Waals surface area contributed by atoms with Gasteiger partial charge in [-0.05, 0) is 81.3 Å². The standard InChI is InChI=1S/C20H12.C14H31N.C6H4/c1-5-13-6-2-11-17-18-12-4-8-14-7-3-10-16(20(14)18)15(9-1)19(13)17;1-4-5-6-7-8-9-10-11-12-13-14-15(2)3;1-2-6-4-3-5(1)6/h1-12H;4-14H2,1-3H3;1-4H. The highest BCUT2D eigenvalue weighted by atomic mass is 15.0. The van der Waals surface area contributed by atoms with E-state index < -0.39 is 0 Å². The highest BCUT2D eigenvalue weighted by Crippen LogP contribution is 2.39. The maximum Gasteiger partial charge on any atom is -0.00248 e. The molecule has 0 atom stereocenters. The van der Waals surface area contributed by atoms with Crippen molar-refractivity contribution >= 4 is 43.1 Å². The topological polar surface area (TPSA) is 3.24 Å². The molecule has 0 unspecified atom stereocenters. The Balaban J connectivity index is 0.000000141. The summed E-state index contributed by atoms with van der Waals surface area (Å²) in [7, 11) is 4.32. The van der Waals surface area contributed by atoms with E-state index in [2.05, 4.69) is 123 Å². The molecule has 0 radical (unpaired) electrons. The summed E-state index contributed by atoms with van der Waals surface area (Å²) in [6, 6.07) is 34.9. The Morgan fingerprint density at radius 2 is 0.756 bits per heavy atom. The van der Waals surface area contributed by atoms with E-state index in [-0.39, 0.29) is 0 Å². The van der Waals surface area contributed by atoms with Crippen LogP contribution in [0.2, 0.25) is 0 Å². The van der Waals surface area contributed by atoms with Crippen LogP contribution in [-0.2, 0) is 0 Å². The molecule has 0 saturated heterocycles. The quantitative estimate of drug-likeness (QED) is 0.0894. The molecule has 7 rings (SSSR count). The van der Waals surface area contributed by atoms with Gasteiger partial charge in [0.25, 0.3) is 0 Å². The van der Waals surface area contributed by atoms with Crippen molar-refractivity contribution in [2.75, 3.05) is 20.6 Å². The van der Waals surface area contributed by atoms with Gasteiger partial charge in [0.2, 0.25) is 0 Å². The minimum Gasteiger partial charge on any atom is -0.309 e. The predicted molar refractivity (Wildman–Crippen MR) is 183 cm³/mol. The van der Waals surface area contributed by atoms with E-state index in [1.165, 1.54) is 125 Å². The fourth-order valence-electron chi connectivity index (χ4n) is 6.16. The van der Waals surface area contributed by atoms with Crippen molar-refractivity contribution in [1.29, 1.82) is 0 Å². The molecule has 1 nitrogen and oxygen atoms in total. The van der Waals surface area contributed by atoms with Gasteiger partial charge < -0.3 is 4.90 Å². The van der Waals surface area contributed by atoms with Crippen molar-refractivity contribution in [2.45, 2.75) is 71.1 Å². The summed E-state index contributed by atoms with van der Waals surface area (Å²) in [4.78, 5) is 2.28. The third-order valence-electron chi connectivity index (χ3n) is 8.57. The maximum absolute atomic E-state index is 2.28. The van der Waals surface area contributed by atoms with Gasteiger partial charge >= 0.3 is 0 Å². The van der Waals surface area contributed by atoms with Crippen LogP contribution < -0.4 is 0 Å². The van der Waals surface area contributed by atoms with Crippen LogP contribution >= 0.6 is 0 Å². The predicted octanol–water partition coefficient (Wildman–Crippen LogP) is 11.9. The van der Waals surface area contributed by atoms with Gasteiger partial charge in [0.05, 0.1) is 0 Å². The minimum atomic E-state index is 1.26. The van der Waals surface area contributed by atoms with Crippen molar-refractivity contribution in [1.82, 2.24) is 4.90 Å². The lowest BCUT2D eigenvalue weighted by molar-refractivity contribution is 0.389. The first-order chi connectivity index (χ1) is 20.2. The van der Waals surface area contributed by atoms with Crippen LogP contribution in [0.15, 0.2) is 97.1 Å². The van der Waals surface area contributed by atoms with Crippen LogP contribution in [0.5, 0.6) is 0 Å². The van der Waals surface area contributed by atoms with Gasteiger partial charge in [-0.2, -0.15) is 0 Å². The summed E-state index contributed by atoms with van der Waals surface area (Å²) < 4.78 is 0. The van der Waals surface area contributed by atoms with Gasteiger partial charge in [0.15, 0.2) is 0 Å². The number of hydrogen-bond acceptors (Lipinski definition) is 1. The summed E-state index contributed by atoms with van der Waals surface area (Å²) >= 11 is 0. The van der Waals surface area contributed by atoms with Gasteiger partial charge in [-0.15, -0.1) is 0 Å². The molecule has 0 aliphatic heterocycles. The molecule has 0 spiro atoms.